The van der Waals surface area contributed by atoms with Gasteiger partial charge in [-0.05, 0) is 18.6 Å². The lowest BCUT2D eigenvalue weighted by atomic mass is 10.1. The molecule has 2 aromatic rings. The zero-order valence-corrected chi connectivity index (χ0v) is 11.8. The highest BCUT2D eigenvalue weighted by Crippen LogP contribution is 2.21. The van der Waals surface area contributed by atoms with Crippen molar-refractivity contribution in [3.05, 3.63) is 41.0 Å². The Kier molecular flexibility index (Phi) is 4.54. The van der Waals surface area contributed by atoms with Crippen LogP contribution in [0.15, 0.2) is 30.3 Å². The lowest BCUT2D eigenvalue weighted by Gasteiger charge is -2.14. The van der Waals surface area contributed by atoms with Crippen LogP contribution in [0.25, 0.3) is 10.9 Å². The van der Waals surface area contributed by atoms with E-state index >= 15 is 0 Å². The van der Waals surface area contributed by atoms with E-state index in [1.165, 1.54) is 0 Å². The van der Waals surface area contributed by atoms with E-state index in [-0.39, 0.29) is 17.1 Å². The summed E-state index contributed by atoms with van der Waals surface area (Å²) in [5.74, 6) is -0.229. The molecular weight excluding hydrogens is 274 g/mol. The third kappa shape index (κ3) is 3.06. The van der Waals surface area contributed by atoms with Crippen LogP contribution in [-0.4, -0.2) is 16.9 Å². The van der Waals surface area contributed by atoms with Gasteiger partial charge in [0, 0.05) is 11.4 Å². The van der Waals surface area contributed by atoms with E-state index in [4.69, 9.17) is 16.9 Å². The number of amides is 1. The normalized spacial score (nSPS) is 11.8. The molecular formula is C15H14ClN3O. The largest absolute Gasteiger partial charge is 0.348 e. The number of aromatic nitrogens is 1. The Morgan fingerprint density at radius 2 is 2.25 bits per heavy atom. The van der Waals surface area contributed by atoms with Gasteiger partial charge in [0.2, 0.25) is 0 Å². The fourth-order valence-corrected chi connectivity index (χ4v) is 2.20. The third-order valence-electron chi connectivity index (χ3n) is 3.10. The number of fused-ring (bicyclic) bond motifs is 1. The van der Waals surface area contributed by atoms with Crippen molar-refractivity contribution >= 4 is 28.4 Å². The molecule has 102 valence electrons. The Bertz CT molecular complexity index is 678. The molecule has 0 aliphatic carbocycles. The minimum atomic E-state index is -0.229. The molecule has 0 fully saturated rings. The first-order valence-corrected chi connectivity index (χ1v) is 6.76. The second-order valence-corrected chi connectivity index (χ2v) is 4.84. The first-order chi connectivity index (χ1) is 9.65. The van der Waals surface area contributed by atoms with Crippen LogP contribution >= 0.6 is 11.6 Å². The standard InChI is InChI=1S/C15H14ClN3O/c1-2-10(7-8-17)18-15(20)12-9-14(16)19-13-6-4-3-5-11(12)13/h3-6,9-10H,2,7H2,1H3,(H,18,20). The van der Waals surface area contributed by atoms with Crippen molar-refractivity contribution in [2.45, 2.75) is 25.8 Å². The summed E-state index contributed by atoms with van der Waals surface area (Å²) in [5.41, 5.74) is 1.16. The number of nitrogens with one attached hydrogen (secondary N) is 1. The van der Waals surface area contributed by atoms with Crippen LogP contribution in [0, 0.1) is 11.3 Å². The number of nitrogens with zero attached hydrogens (tertiary/aromatic N) is 2. The molecule has 0 radical (unpaired) electrons. The van der Waals surface area contributed by atoms with Crippen molar-refractivity contribution in [2.75, 3.05) is 0 Å². The molecule has 1 amide bonds. The maximum absolute atomic E-state index is 12.3. The Balaban J connectivity index is 2.37. The molecule has 0 spiro atoms. The van der Waals surface area contributed by atoms with Gasteiger partial charge in [-0.2, -0.15) is 5.26 Å². The van der Waals surface area contributed by atoms with Gasteiger partial charge in [0.25, 0.3) is 5.91 Å². The number of para-hydroxylation sites is 1. The third-order valence-corrected chi connectivity index (χ3v) is 3.29. The van der Waals surface area contributed by atoms with Crippen LogP contribution in [0.2, 0.25) is 5.15 Å². The number of hydrogen-bond donors (Lipinski definition) is 1. The summed E-state index contributed by atoms with van der Waals surface area (Å²) in [7, 11) is 0. The number of carbonyl (C=O) groups is 1. The van der Waals surface area contributed by atoms with E-state index in [1.54, 1.807) is 6.07 Å². The predicted molar refractivity (Wildman–Crippen MR) is 78.5 cm³/mol. The zero-order valence-electron chi connectivity index (χ0n) is 11.1. The number of nitriles is 1. The molecule has 1 heterocycles. The average Bonchev–Trinajstić information content (AvgIpc) is 2.45. The number of halogens is 1. The Hall–Kier alpha value is -2.12. The molecule has 5 heteroatoms. The highest BCUT2D eigenvalue weighted by atomic mass is 35.5. The van der Waals surface area contributed by atoms with Gasteiger partial charge < -0.3 is 5.32 Å². The Morgan fingerprint density at radius 1 is 1.50 bits per heavy atom. The van der Waals surface area contributed by atoms with Crippen LogP contribution in [-0.2, 0) is 0 Å². The summed E-state index contributed by atoms with van der Waals surface area (Å²) in [6, 6.07) is 10.8. The van der Waals surface area contributed by atoms with Crippen molar-refractivity contribution in [3.63, 3.8) is 0 Å². The van der Waals surface area contributed by atoms with Gasteiger partial charge in [-0.15, -0.1) is 0 Å². The van der Waals surface area contributed by atoms with E-state index < -0.39 is 0 Å². The maximum Gasteiger partial charge on any atom is 0.252 e. The van der Waals surface area contributed by atoms with Crippen molar-refractivity contribution in [3.8, 4) is 6.07 Å². The molecule has 0 saturated heterocycles. The second-order valence-electron chi connectivity index (χ2n) is 4.45. The number of pyridine rings is 1. The van der Waals surface area contributed by atoms with Crippen molar-refractivity contribution < 1.29 is 4.79 Å². The first-order valence-electron chi connectivity index (χ1n) is 6.38. The molecule has 1 aromatic heterocycles. The maximum atomic E-state index is 12.3. The number of carbonyl (C=O) groups excluding carboxylic acids is 1. The van der Waals surface area contributed by atoms with Gasteiger partial charge in [-0.3, -0.25) is 4.79 Å². The number of hydrogen-bond acceptors (Lipinski definition) is 3. The minimum absolute atomic E-state index is 0.154. The van der Waals surface area contributed by atoms with E-state index in [1.807, 2.05) is 31.2 Å². The zero-order chi connectivity index (χ0) is 14.5. The quantitative estimate of drug-likeness (QED) is 0.877. The predicted octanol–water partition coefficient (Wildman–Crippen LogP) is 3.31. The molecule has 2 rings (SSSR count). The topological polar surface area (TPSA) is 65.8 Å². The lowest BCUT2D eigenvalue weighted by Crippen LogP contribution is -2.34. The smallest absolute Gasteiger partial charge is 0.252 e. The summed E-state index contributed by atoms with van der Waals surface area (Å²) >= 11 is 5.96. The Morgan fingerprint density at radius 3 is 2.95 bits per heavy atom. The molecule has 1 aromatic carbocycles. The molecule has 20 heavy (non-hydrogen) atoms. The van der Waals surface area contributed by atoms with E-state index in [2.05, 4.69) is 16.4 Å². The summed E-state index contributed by atoms with van der Waals surface area (Å²) in [4.78, 5) is 16.5. The molecule has 0 aliphatic heterocycles. The fraction of sp³-hybridized carbons (Fsp3) is 0.267. The summed E-state index contributed by atoms with van der Waals surface area (Å²) in [6.07, 6.45) is 0.995. The second kappa shape index (κ2) is 6.36. The van der Waals surface area contributed by atoms with Gasteiger partial charge >= 0.3 is 0 Å². The van der Waals surface area contributed by atoms with Gasteiger partial charge in [0.05, 0.1) is 23.6 Å². The summed E-state index contributed by atoms with van der Waals surface area (Å²) in [5, 5.41) is 12.6. The molecule has 1 N–H and O–H groups in total. The number of benzene rings is 1. The van der Waals surface area contributed by atoms with Crippen LogP contribution in [0.1, 0.15) is 30.1 Å². The minimum Gasteiger partial charge on any atom is -0.348 e. The van der Waals surface area contributed by atoms with E-state index in [0.717, 1.165) is 5.39 Å². The lowest BCUT2D eigenvalue weighted by molar-refractivity contribution is 0.0938. The monoisotopic (exact) mass is 287 g/mol. The molecule has 0 saturated carbocycles. The molecule has 4 nitrogen and oxygen atoms in total. The van der Waals surface area contributed by atoms with E-state index in [0.29, 0.717) is 23.9 Å². The van der Waals surface area contributed by atoms with Crippen LogP contribution in [0.5, 0.6) is 0 Å². The van der Waals surface area contributed by atoms with Crippen LogP contribution < -0.4 is 5.32 Å². The molecule has 0 bridgehead atoms. The van der Waals surface area contributed by atoms with Crippen LogP contribution in [0.4, 0.5) is 0 Å². The Labute approximate surface area is 122 Å². The van der Waals surface area contributed by atoms with Gasteiger partial charge in [0.15, 0.2) is 0 Å². The van der Waals surface area contributed by atoms with E-state index in [9.17, 15) is 4.79 Å². The highest BCUT2D eigenvalue weighted by molar-refractivity contribution is 6.30. The summed E-state index contributed by atoms with van der Waals surface area (Å²) < 4.78 is 0. The van der Waals surface area contributed by atoms with Gasteiger partial charge in [-0.25, -0.2) is 4.98 Å². The van der Waals surface area contributed by atoms with Crippen LogP contribution in [0.3, 0.4) is 0 Å². The fourth-order valence-electron chi connectivity index (χ4n) is 2.00. The van der Waals surface area contributed by atoms with Gasteiger partial charge in [0.1, 0.15) is 5.15 Å². The molecule has 1 unspecified atom stereocenters. The first kappa shape index (κ1) is 14.3. The SMILES string of the molecule is CCC(CC#N)NC(=O)c1cc(Cl)nc2ccccc12. The molecule has 0 aliphatic rings. The summed E-state index contributed by atoms with van der Waals surface area (Å²) in [6.45, 7) is 1.93. The van der Waals surface area contributed by atoms with Crippen molar-refractivity contribution in [1.82, 2.24) is 10.3 Å². The van der Waals surface area contributed by atoms with Crippen molar-refractivity contribution in [1.29, 1.82) is 5.26 Å². The van der Waals surface area contributed by atoms with Gasteiger partial charge in [-0.1, -0.05) is 36.7 Å². The molecule has 1 atom stereocenters. The number of rotatable bonds is 4. The average molecular weight is 288 g/mol. The van der Waals surface area contributed by atoms with Crippen molar-refractivity contribution in [2.24, 2.45) is 0 Å². The highest BCUT2D eigenvalue weighted by Gasteiger charge is 2.15.